The van der Waals surface area contributed by atoms with E-state index in [1.54, 1.807) is 0 Å². The molecule has 1 unspecified atom stereocenters. The highest BCUT2D eigenvalue weighted by Crippen LogP contribution is 2.28. The van der Waals surface area contributed by atoms with Crippen molar-refractivity contribution in [3.8, 4) is 5.75 Å². The van der Waals surface area contributed by atoms with Crippen LogP contribution in [0.15, 0.2) is 24.3 Å². The molecular formula is C13H21NO. The third kappa shape index (κ3) is 3.56. The van der Waals surface area contributed by atoms with Gasteiger partial charge in [0.05, 0.1) is 0 Å². The summed E-state index contributed by atoms with van der Waals surface area (Å²) >= 11 is 0. The molecule has 0 heterocycles. The summed E-state index contributed by atoms with van der Waals surface area (Å²) in [6.45, 7) is 8.21. The number of benzene rings is 1. The van der Waals surface area contributed by atoms with Crippen LogP contribution in [-0.4, -0.2) is 5.60 Å². The van der Waals surface area contributed by atoms with Crippen molar-refractivity contribution in [1.82, 2.24) is 0 Å². The maximum Gasteiger partial charge on any atom is 0.124 e. The first-order valence-corrected chi connectivity index (χ1v) is 5.47. The van der Waals surface area contributed by atoms with Crippen LogP contribution in [0.3, 0.4) is 0 Å². The van der Waals surface area contributed by atoms with Gasteiger partial charge in [0.2, 0.25) is 0 Å². The zero-order chi connectivity index (χ0) is 11.5. The molecule has 0 saturated heterocycles. The van der Waals surface area contributed by atoms with E-state index < -0.39 is 0 Å². The van der Waals surface area contributed by atoms with Crippen molar-refractivity contribution in [2.45, 2.75) is 45.8 Å². The predicted molar refractivity (Wildman–Crippen MR) is 64.0 cm³/mol. The first kappa shape index (κ1) is 12.1. The Bertz CT molecular complexity index is 315. The molecule has 0 amide bonds. The minimum absolute atomic E-state index is 0.0588. The van der Waals surface area contributed by atoms with Crippen molar-refractivity contribution in [3.63, 3.8) is 0 Å². The molecule has 1 aromatic rings. The summed E-state index contributed by atoms with van der Waals surface area (Å²) in [5, 5.41) is 0. The van der Waals surface area contributed by atoms with E-state index in [0.29, 0.717) is 0 Å². The molecule has 0 fully saturated rings. The van der Waals surface area contributed by atoms with Crippen molar-refractivity contribution in [2.75, 3.05) is 0 Å². The largest absolute Gasteiger partial charge is 0.488 e. The average molecular weight is 207 g/mol. The van der Waals surface area contributed by atoms with E-state index in [1.165, 1.54) is 0 Å². The van der Waals surface area contributed by atoms with Crippen LogP contribution in [0, 0.1) is 0 Å². The molecule has 2 heteroatoms. The van der Waals surface area contributed by atoms with Gasteiger partial charge in [-0.15, -0.1) is 0 Å². The summed E-state index contributed by atoms with van der Waals surface area (Å²) in [6, 6.07) is 8.06. The van der Waals surface area contributed by atoms with Gasteiger partial charge in [0.1, 0.15) is 11.4 Å². The smallest absolute Gasteiger partial charge is 0.124 e. The molecule has 0 saturated carbocycles. The van der Waals surface area contributed by atoms with Gasteiger partial charge in [0, 0.05) is 11.6 Å². The van der Waals surface area contributed by atoms with E-state index >= 15 is 0 Å². The first-order chi connectivity index (χ1) is 6.94. The molecule has 0 aliphatic rings. The fraction of sp³-hybridized carbons (Fsp3) is 0.538. The van der Waals surface area contributed by atoms with Crippen LogP contribution >= 0.6 is 0 Å². The Labute approximate surface area is 92.4 Å². The highest BCUT2D eigenvalue weighted by Gasteiger charge is 2.16. The quantitative estimate of drug-likeness (QED) is 0.825. The first-order valence-electron chi connectivity index (χ1n) is 5.47. The van der Waals surface area contributed by atoms with E-state index in [4.69, 9.17) is 10.5 Å². The Kier molecular flexibility index (Phi) is 3.75. The van der Waals surface area contributed by atoms with Crippen molar-refractivity contribution in [1.29, 1.82) is 0 Å². The number of rotatable bonds is 3. The van der Waals surface area contributed by atoms with Crippen LogP contribution in [0.5, 0.6) is 5.75 Å². The Morgan fingerprint density at radius 1 is 1.27 bits per heavy atom. The van der Waals surface area contributed by atoms with E-state index in [1.807, 2.05) is 45.0 Å². The van der Waals surface area contributed by atoms with E-state index in [9.17, 15) is 0 Å². The second kappa shape index (κ2) is 4.67. The summed E-state index contributed by atoms with van der Waals surface area (Å²) in [6.07, 6.45) is 0.921. The number of hydrogen-bond acceptors (Lipinski definition) is 2. The summed E-state index contributed by atoms with van der Waals surface area (Å²) in [5.41, 5.74) is 6.95. The van der Waals surface area contributed by atoms with Crippen LogP contribution in [0.4, 0.5) is 0 Å². The Hall–Kier alpha value is -1.02. The zero-order valence-electron chi connectivity index (χ0n) is 10.1. The molecule has 0 radical (unpaired) electrons. The van der Waals surface area contributed by atoms with Gasteiger partial charge in [0.25, 0.3) is 0 Å². The normalized spacial score (nSPS) is 13.7. The maximum atomic E-state index is 6.03. The average Bonchev–Trinajstić information content (AvgIpc) is 2.15. The van der Waals surface area contributed by atoms with Gasteiger partial charge in [-0.25, -0.2) is 0 Å². The van der Waals surface area contributed by atoms with E-state index in [2.05, 4.69) is 6.92 Å². The summed E-state index contributed by atoms with van der Waals surface area (Å²) in [7, 11) is 0. The van der Waals surface area contributed by atoms with Gasteiger partial charge in [-0.3, -0.25) is 0 Å². The lowest BCUT2D eigenvalue weighted by Gasteiger charge is -2.24. The highest BCUT2D eigenvalue weighted by atomic mass is 16.5. The minimum atomic E-state index is -0.177. The number of ether oxygens (including phenoxy) is 1. The fourth-order valence-corrected chi connectivity index (χ4v) is 1.43. The number of hydrogen-bond donors (Lipinski definition) is 1. The zero-order valence-corrected chi connectivity index (χ0v) is 10.1. The van der Waals surface area contributed by atoms with Crippen molar-refractivity contribution < 1.29 is 4.74 Å². The summed E-state index contributed by atoms with van der Waals surface area (Å²) in [4.78, 5) is 0. The van der Waals surface area contributed by atoms with E-state index in [0.717, 1.165) is 17.7 Å². The molecule has 2 nitrogen and oxygen atoms in total. The number of nitrogens with two attached hydrogens (primary N) is 1. The Morgan fingerprint density at radius 2 is 1.87 bits per heavy atom. The Morgan fingerprint density at radius 3 is 2.40 bits per heavy atom. The number of para-hydroxylation sites is 1. The molecule has 1 aromatic carbocycles. The van der Waals surface area contributed by atoms with E-state index in [-0.39, 0.29) is 11.6 Å². The van der Waals surface area contributed by atoms with Gasteiger partial charge < -0.3 is 10.5 Å². The molecular weight excluding hydrogens is 186 g/mol. The van der Waals surface area contributed by atoms with Gasteiger partial charge in [-0.1, -0.05) is 25.1 Å². The third-order valence-electron chi connectivity index (χ3n) is 2.17. The van der Waals surface area contributed by atoms with Gasteiger partial charge >= 0.3 is 0 Å². The molecule has 0 aliphatic heterocycles. The third-order valence-corrected chi connectivity index (χ3v) is 2.17. The lowest BCUT2D eigenvalue weighted by Crippen LogP contribution is -2.24. The fourth-order valence-electron chi connectivity index (χ4n) is 1.43. The second-order valence-electron chi connectivity index (χ2n) is 4.77. The molecule has 84 valence electrons. The molecule has 2 N–H and O–H groups in total. The molecule has 15 heavy (non-hydrogen) atoms. The van der Waals surface area contributed by atoms with Crippen molar-refractivity contribution >= 4 is 0 Å². The molecule has 0 aliphatic carbocycles. The van der Waals surface area contributed by atoms with Crippen molar-refractivity contribution in [3.05, 3.63) is 29.8 Å². The highest BCUT2D eigenvalue weighted by molar-refractivity contribution is 5.36. The lowest BCUT2D eigenvalue weighted by atomic mass is 10.0. The van der Waals surface area contributed by atoms with Gasteiger partial charge in [-0.05, 0) is 33.3 Å². The van der Waals surface area contributed by atoms with Crippen molar-refractivity contribution in [2.24, 2.45) is 5.73 Å². The summed E-state index contributed by atoms with van der Waals surface area (Å²) in [5.74, 6) is 0.902. The van der Waals surface area contributed by atoms with Gasteiger partial charge in [0.15, 0.2) is 0 Å². The predicted octanol–water partition coefficient (Wildman–Crippen LogP) is 3.27. The van der Waals surface area contributed by atoms with Crippen LogP contribution in [0.25, 0.3) is 0 Å². The molecule has 0 spiro atoms. The minimum Gasteiger partial charge on any atom is -0.488 e. The molecule has 0 aromatic heterocycles. The van der Waals surface area contributed by atoms with Crippen LogP contribution in [-0.2, 0) is 0 Å². The second-order valence-corrected chi connectivity index (χ2v) is 4.77. The summed E-state index contributed by atoms with van der Waals surface area (Å²) < 4.78 is 5.88. The molecule has 0 bridgehead atoms. The Balaban J connectivity index is 2.96. The molecule has 1 atom stereocenters. The lowest BCUT2D eigenvalue weighted by molar-refractivity contribution is 0.128. The van der Waals surface area contributed by atoms with Crippen LogP contribution < -0.4 is 10.5 Å². The van der Waals surface area contributed by atoms with Crippen LogP contribution in [0.1, 0.15) is 45.7 Å². The molecule has 1 rings (SSSR count). The van der Waals surface area contributed by atoms with Crippen LogP contribution in [0.2, 0.25) is 0 Å². The monoisotopic (exact) mass is 207 g/mol. The topological polar surface area (TPSA) is 35.2 Å². The SMILES string of the molecule is CCC(N)c1ccccc1OC(C)(C)C. The maximum absolute atomic E-state index is 6.03. The standard InChI is InChI=1S/C13H21NO/c1-5-11(14)10-8-6-7-9-12(10)15-13(2,3)4/h6-9,11H,5,14H2,1-4H3. The van der Waals surface area contributed by atoms with Gasteiger partial charge in [-0.2, -0.15) is 0 Å².